The van der Waals surface area contributed by atoms with Crippen LogP contribution in [0.15, 0.2) is 35.6 Å². The summed E-state index contributed by atoms with van der Waals surface area (Å²) in [5.74, 6) is -1.06. The summed E-state index contributed by atoms with van der Waals surface area (Å²) >= 11 is 0. The zero-order valence-corrected chi connectivity index (χ0v) is 16.8. The van der Waals surface area contributed by atoms with Crippen LogP contribution in [0, 0.1) is 17.8 Å². The van der Waals surface area contributed by atoms with Crippen molar-refractivity contribution in [3.05, 3.63) is 35.6 Å². The Bertz CT molecular complexity index is 505. The number of rotatable bonds is 10. The molecule has 1 saturated heterocycles. The predicted molar refractivity (Wildman–Crippen MR) is 101 cm³/mol. The summed E-state index contributed by atoms with van der Waals surface area (Å²) in [6.07, 6.45) is 5.37. The average molecular weight is 372 g/mol. The van der Waals surface area contributed by atoms with Crippen molar-refractivity contribution in [3.63, 3.8) is 0 Å². The molecular formula is C21H34F2O3. The first-order valence-corrected chi connectivity index (χ1v) is 9.42. The third-order valence-electron chi connectivity index (χ3n) is 5.16. The number of halogens is 2. The highest BCUT2D eigenvalue weighted by atomic mass is 19.2. The fourth-order valence-corrected chi connectivity index (χ4v) is 2.80. The van der Waals surface area contributed by atoms with E-state index in [0.717, 1.165) is 25.7 Å². The monoisotopic (exact) mass is 372 g/mol. The maximum absolute atomic E-state index is 14.2. The van der Waals surface area contributed by atoms with Gasteiger partial charge in [-0.1, -0.05) is 19.9 Å². The van der Waals surface area contributed by atoms with Crippen LogP contribution in [-0.2, 0) is 14.2 Å². The molecular weight excluding hydrogens is 338 g/mol. The summed E-state index contributed by atoms with van der Waals surface area (Å²) in [5, 5.41) is 0. The lowest BCUT2D eigenvalue weighted by atomic mass is 9.92. The molecule has 3 nitrogen and oxygen atoms in total. The summed E-state index contributed by atoms with van der Waals surface area (Å²) in [5.41, 5.74) is 0.415. The molecule has 5 heteroatoms. The molecule has 0 aromatic carbocycles. The van der Waals surface area contributed by atoms with E-state index in [4.69, 9.17) is 14.2 Å². The zero-order chi connectivity index (χ0) is 19.7. The minimum Gasteiger partial charge on any atom is -0.498 e. The number of methoxy groups -OCH3 is 1. The Hall–Kier alpha value is -1.20. The van der Waals surface area contributed by atoms with Gasteiger partial charge in [0.25, 0.3) is 0 Å². The molecule has 1 heterocycles. The maximum atomic E-state index is 14.2. The van der Waals surface area contributed by atoms with E-state index in [2.05, 4.69) is 13.5 Å². The van der Waals surface area contributed by atoms with Crippen molar-refractivity contribution >= 4 is 0 Å². The standard InChI is InChI=1S/C21H34F2O3/c1-7-18-10-11-19(26-13-18)25-12-14(2)8-9-15(3)16(4)20(22)21(23)17(5)24-6/h7,14-15,18-19H,1,8-13H2,2-6H3/b20-16-,21-17-. The van der Waals surface area contributed by atoms with E-state index < -0.39 is 11.7 Å². The minimum atomic E-state index is -0.916. The van der Waals surface area contributed by atoms with Gasteiger partial charge in [0.2, 0.25) is 0 Å². The van der Waals surface area contributed by atoms with Crippen LogP contribution in [0.4, 0.5) is 8.78 Å². The quantitative estimate of drug-likeness (QED) is 0.264. The van der Waals surface area contributed by atoms with Gasteiger partial charge in [0, 0.05) is 5.92 Å². The summed E-state index contributed by atoms with van der Waals surface area (Å²) in [6, 6.07) is 0. The second kappa shape index (κ2) is 11.5. The lowest BCUT2D eigenvalue weighted by Crippen LogP contribution is -2.28. The van der Waals surface area contributed by atoms with Crippen LogP contribution < -0.4 is 0 Å². The molecule has 0 amide bonds. The van der Waals surface area contributed by atoms with Crippen molar-refractivity contribution in [2.75, 3.05) is 20.3 Å². The normalized spacial score (nSPS) is 25.0. The van der Waals surface area contributed by atoms with E-state index in [1.165, 1.54) is 14.0 Å². The molecule has 26 heavy (non-hydrogen) atoms. The zero-order valence-electron chi connectivity index (χ0n) is 16.8. The first kappa shape index (κ1) is 22.8. The minimum absolute atomic E-state index is 0.0398. The summed E-state index contributed by atoms with van der Waals surface area (Å²) in [7, 11) is 1.33. The molecule has 0 saturated carbocycles. The van der Waals surface area contributed by atoms with E-state index in [-0.39, 0.29) is 18.0 Å². The van der Waals surface area contributed by atoms with Crippen LogP contribution in [0.5, 0.6) is 0 Å². The van der Waals surface area contributed by atoms with Crippen molar-refractivity contribution in [2.45, 2.75) is 59.7 Å². The Labute approximate surface area is 157 Å². The summed E-state index contributed by atoms with van der Waals surface area (Å²) in [4.78, 5) is 0. The Kier molecular flexibility index (Phi) is 10.1. The highest BCUT2D eigenvalue weighted by Gasteiger charge is 2.21. The van der Waals surface area contributed by atoms with Crippen molar-refractivity contribution in [2.24, 2.45) is 17.8 Å². The third-order valence-corrected chi connectivity index (χ3v) is 5.16. The Balaban J connectivity index is 2.39. The molecule has 0 aliphatic carbocycles. The van der Waals surface area contributed by atoms with Gasteiger partial charge in [0.1, 0.15) is 5.76 Å². The van der Waals surface area contributed by atoms with E-state index in [0.29, 0.717) is 30.6 Å². The van der Waals surface area contributed by atoms with Gasteiger partial charge in [-0.15, -0.1) is 6.58 Å². The van der Waals surface area contributed by atoms with Crippen molar-refractivity contribution in [1.82, 2.24) is 0 Å². The van der Waals surface area contributed by atoms with Crippen molar-refractivity contribution in [3.8, 4) is 0 Å². The van der Waals surface area contributed by atoms with E-state index >= 15 is 0 Å². The largest absolute Gasteiger partial charge is 0.498 e. The molecule has 1 aliphatic heterocycles. The lowest BCUT2D eigenvalue weighted by molar-refractivity contribution is -0.176. The van der Waals surface area contributed by atoms with Gasteiger partial charge in [-0.2, -0.15) is 0 Å². The molecule has 1 rings (SSSR count). The molecule has 0 aromatic rings. The summed E-state index contributed by atoms with van der Waals surface area (Å²) < 4.78 is 44.3. The highest BCUT2D eigenvalue weighted by Crippen LogP contribution is 2.29. The number of ether oxygens (including phenoxy) is 3. The molecule has 1 aliphatic rings. The topological polar surface area (TPSA) is 27.7 Å². The fraction of sp³-hybridized carbons (Fsp3) is 0.714. The van der Waals surface area contributed by atoms with Gasteiger partial charge in [0.15, 0.2) is 17.9 Å². The van der Waals surface area contributed by atoms with Gasteiger partial charge >= 0.3 is 0 Å². The average Bonchev–Trinajstić information content (AvgIpc) is 2.68. The van der Waals surface area contributed by atoms with Gasteiger partial charge in [-0.3, -0.25) is 0 Å². The highest BCUT2D eigenvalue weighted by molar-refractivity contribution is 5.27. The van der Waals surface area contributed by atoms with Gasteiger partial charge < -0.3 is 14.2 Å². The van der Waals surface area contributed by atoms with E-state index in [1.807, 2.05) is 13.0 Å². The van der Waals surface area contributed by atoms with Crippen LogP contribution in [0.25, 0.3) is 0 Å². The van der Waals surface area contributed by atoms with Crippen LogP contribution in [0.3, 0.4) is 0 Å². The Morgan fingerprint density at radius 2 is 1.88 bits per heavy atom. The SMILES string of the molecule is C=CC1CCC(OCC(C)CCC(C)/C(C)=C(F)/C(F)=C(\C)OC)OC1. The molecule has 0 N–H and O–H groups in total. The smallest absolute Gasteiger partial charge is 0.195 e. The number of hydrogen-bond donors (Lipinski definition) is 0. The fourth-order valence-electron chi connectivity index (χ4n) is 2.80. The van der Waals surface area contributed by atoms with E-state index in [1.54, 1.807) is 6.92 Å². The van der Waals surface area contributed by atoms with Crippen molar-refractivity contribution in [1.29, 1.82) is 0 Å². The second-order valence-electron chi connectivity index (χ2n) is 7.32. The second-order valence-corrected chi connectivity index (χ2v) is 7.32. The van der Waals surface area contributed by atoms with Gasteiger partial charge in [0.05, 0.1) is 20.3 Å². The predicted octanol–water partition coefficient (Wildman–Crippen LogP) is 6.09. The third kappa shape index (κ3) is 7.20. The first-order valence-electron chi connectivity index (χ1n) is 9.42. The van der Waals surface area contributed by atoms with Gasteiger partial charge in [-0.05, 0) is 56.9 Å². The molecule has 0 bridgehead atoms. The number of hydrogen-bond acceptors (Lipinski definition) is 3. The Morgan fingerprint density at radius 3 is 2.42 bits per heavy atom. The summed E-state index contributed by atoms with van der Waals surface area (Å²) in [6.45, 7) is 12.1. The molecule has 0 radical (unpaired) electrons. The molecule has 4 atom stereocenters. The molecule has 0 spiro atoms. The number of allylic oxidation sites excluding steroid dienone is 4. The molecule has 1 fully saturated rings. The molecule has 4 unspecified atom stereocenters. The molecule has 0 aromatic heterocycles. The Morgan fingerprint density at radius 1 is 1.19 bits per heavy atom. The van der Waals surface area contributed by atoms with Crippen LogP contribution in [0.2, 0.25) is 0 Å². The van der Waals surface area contributed by atoms with Crippen LogP contribution >= 0.6 is 0 Å². The van der Waals surface area contributed by atoms with Crippen molar-refractivity contribution < 1.29 is 23.0 Å². The lowest BCUT2D eigenvalue weighted by Gasteiger charge is -2.28. The first-order chi connectivity index (χ1) is 12.3. The maximum Gasteiger partial charge on any atom is 0.195 e. The van der Waals surface area contributed by atoms with Gasteiger partial charge in [-0.25, -0.2) is 8.78 Å². The molecule has 150 valence electrons. The van der Waals surface area contributed by atoms with E-state index in [9.17, 15) is 8.78 Å². The van der Waals surface area contributed by atoms with Crippen LogP contribution in [0.1, 0.15) is 53.4 Å². The van der Waals surface area contributed by atoms with Crippen LogP contribution in [-0.4, -0.2) is 26.6 Å².